The van der Waals surface area contributed by atoms with E-state index >= 15 is 0 Å². The monoisotopic (exact) mass is 287 g/mol. The molecule has 102 valence electrons. The van der Waals surface area contributed by atoms with Crippen LogP contribution in [-0.2, 0) is 12.4 Å². The average Bonchev–Trinajstić information content (AvgIpc) is 2.97. The summed E-state index contributed by atoms with van der Waals surface area (Å²) in [4.78, 5) is 9.48. The normalized spacial score (nSPS) is 21.0. The molecule has 1 saturated heterocycles. The van der Waals surface area contributed by atoms with Gasteiger partial charge in [-0.2, -0.15) is 0 Å². The van der Waals surface area contributed by atoms with Gasteiger partial charge in [0.25, 0.3) is 0 Å². The number of nitrogens with zero attached hydrogens (tertiary/aromatic N) is 3. The Kier molecular flexibility index (Phi) is 5.42. The highest BCUT2D eigenvalue weighted by Gasteiger charge is 2.24. The summed E-state index contributed by atoms with van der Waals surface area (Å²) < 4.78 is 0. The van der Waals surface area contributed by atoms with Crippen molar-refractivity contribution in [1.82, 2.24) is 14.8 Å². The van der Waals surface area contributed by atoms with Gasteiger partial charge in [0.15, 0.2) is 0 Å². The summed E-state index contributed by atoms with van der Waals surface area (Å²) in [5, 5.41) is 3.23. The standard InChI is InChI=1S/C13H22ClN3S/c1-3-17-6-4-5-12(17)8-16(2)9-13-15-11(7-14)10-18-13/h10,12H,3-9H2,1-2H3. The second-order valence-corrected chi connectivity index (χ2v) is 6.20. The van der Waals surface area contributed by atoms with E-state index < -0.39 is 0 Å². The van der Waals surface area contributed by atoms with Crippen LogP contribution in [-0.4, -0.2) is 47.5 Å². The fraction of sp³-hybridized carbons (Fsp3) is 0.769. The van der Waals surface area contributed by atoms with E-state index in [1.54, 1.807) is 11.3 Å². The summed E-state index contributed by atoms with van der Waals surface area (Å²) in [7, 11) is 2.19. The molecule has 1 aromatic heterocycles. The Hall–Kier alpha value is -0.160. The summed E-state index contributed by atoms with van der Waals surface area (Å²) in [5.74, 6) is 0.520. The van der Waals surface area contributed by atoms with Gasteiger partial charge >= 0.3 is 0 Å². The van der Waals surface area contributed by atoms with Crippen LogP contribution in [0.4, 0.5) is 0 Å². The number of halogens is 1. The quantitative estimate of drug-likeness (QED) is 0.750. The first-order chi connectivity index (χ1) is 8.72. The lowest BCUT2D eigenvalue weighted by Gasteiger charge is -2.27. The van der Waals surface area contributed by atoms with Crippen molar-refractivity contribution in [2.75, 3.05) is 26.7 Å². The Labute approximate surface area is 119 Å². The van der Waals surface area contributed by atoms with Gasteiger partial charge in [-0.1, -0.05) is 6.92 Å². The van der Waals surface area contributed by atoms with Gasteiger partial charge in [-0.3, -0.25) is 9.80 Å². The third-order valence-electron chi connectivity index (χ3n) is 3.57. The fourth-order valence-corrected chi connectivity index (χ4v) is 3.76. The number of rotatable bonds is 6. The van der Waals surface area contributed by atoms with Crippen molar-refractivity contribution in [3.8, 4) is 0 Å². The first-order valence-electron chi connectivity index (χ1n) is 6.64. The molecular weight excluding hydrogens is 266 g/mol. The summed E-state index contributed by atoms with van der Waals surface area (Å²) in [5.41, 5.74) is 1.00. The van der Waals surface area contributed by atoms with E-state index in [0.29, 0.717) is 5.88 Å². The van der Waals surface area contributed by atoms with Gasteiger partial charge in [0.2, 0.25) is 0 Å². The third kappa shape index (κ3) is 3.67. The van der Waals surface area contributed by atoms with Crippen molar-refractivity contribution in [3.63, 3.8) is 0 Å². The van der Waals surface area contributed by atoms with Gasteiger partial charge in [0.05, 0.1) is 18.1 Å². The Morgan fingerprint density at radius 1 is 1.61 bits per heavy atom. The molecule has 3 nitrogen and oxygen atoms in total. The maximum absolute atomic E-state index is 5.78. The van der Waals surface area contributed by atoms with Gasteiger partial charge in [0.1, 0.15) is 5.01 Å². The molecule has 5 heteroatoms. The summed E-state index contributed by atoms with van der Waals surface area (Å²) in [6, 6.07) is 0.729. The van der Waals surface area contributed by atoms with Gasteiger partial charge in [-0.25, -0.2) is 4.98 Å². The molecule has 0 aliphatic carbocycles. The van der Waals surface area contributed by atoms with E-state index in [1.807, 2.05) is 0 Å². The summed E-state index contributed by atoms with van der Waals surface area (Å²) in [6.07, 6.45) is 2.68. The van der Waals surface area contributed by atoms with Crippen molar-refractivity contribution in [2.45, 2.75) is 38.2 Å². The minimum atomic E-state index is 0.520. The molecule has 0 amide bonds. The molecule has 0 saturated carbocycles. The van der Waals surface area contributed by atoms with Crippen molar-refractivity contribution in [3.05, 3.63) is 16.1 Å². The molecule has 1 aliphatic heterocycles. The average molecular weight is 288 g/mol. The van der Waals surface area contributed by atoms with Crippen LogP contribution >= 0.6 is 22.9 Å². The number of alkyl halides is 1. The van der Waals surface area contributed by atoms with Gasteiger partial charge in [-0.05, 0) is 33.0 Å². The molecule has 1 aliphatic rings. The second-order valence-electron chi connectivity index (χ2n) is 4.99. The molecular formula is C13H22ClN3S. The number of aromatic nitrogens is 1. The Bertz CT molecular complexity index is 369. The van der Waals surface area contributed by atoms with Crippen LogP contribution in [0.2, 0.25) is 0 Å². The van der Waals surface area contributed by atoms with Crippen LogP contribution in [0.1, 0.15) is 30.5 Å². The number of hydrogen-bond acceptors (Lipinski definition) is 4. The minimum Gasteiger partial charge on any atom is -0.299 e. The highest BCUT2D eigenvalue weighted by atomic mass is 35.5. The number of likely N-dealkylation sites (tertiary alicyclic amines) is 1. The maximum atomic E-state index is 5.78. The Morgan fingerprint density at radius 2 is 2.44 bits per heavy atom. The van der Waals surface area contributed by atoms with Crippen LogP contribution in [0.25, 0.3) is 0 Å². The van der Waals surface area contributed by atoms with Crippen molar-refractivity contribution >= 4 is 22.9 Å². The topological polar surface area (TPSA) is 19.4 Å². The van der Waals surface area contributed by atoms with Crippen LogP contribution in [0, 0.1) is 0 Å². The molecule has 0 N–H and O–H groups in total. The molecule has 1 aromatic rings. The molecule has 2 heterocycles. The van der Waals surface area contributed by atoms with E-state index in [0.717, 1.165) is 24.8 Å². The molecule has 1 fully saturated rings. The van der Waals surface area contributed by atoms with E-state index in [1.165, 1.54) is 30.9 Å². The van der Waals surface area contributed by atoms with Crippen LogP contribution in [0.3, 0.4) is 0 Å². The van der Waals surface area contributed by atoms with Gasteiger partial charge in [-0.15, -0.1) is 22.9 Å². The Balaban J connectivity index is 1.82. The molecule has 0 radical (unpaired) electrons. The zero-order valence-electron chi connectivity index (χ0n) is 11.2. The highest BCUT2D eigenvalue weighted by Crippen LogP contribution is 2.19. The zero-order valence-corrected chi connectivity index (χ0v) is 12.8. The fourth-order valence-electron chi connectivity index (χ4n) is 2.66. The van der Waals surface area contributed by atoms with Crippen molar-refractivity contribution in [1.29, 1.82) is 0 Å². The zero-order chi connectivity index (χ0) is 13.0. The van der Waals surface area contributed by atoms with Crippen LogP contribution in [0.15, 0.2) is 5.38 Å². The number of thiazole rings is 1. The second kappa shape index (κ2) is 6.85. The van der Waals surface area contributed by atoms with Crippen molar-refractivity contribution < 1.29 is 0 Å². The lowest BCUT2D eigenvalue weighted by Crippen LogP contribution is -2.38. The molecule has 2 rings (SSSR count). The highest BCUT2D eigenvalue weighted by molar-refractivity contribution is 7.09. The third-order valence-corrected chi connectivity index (χ3v) is 4.73. The molecule has 18 heavy (non-hydrogen) atoms. The van der Waals surface area contributed by atoms with E-state index in [4.69, 9.17) is 11.6 Å². The van der Waals surface area contributed by atoms with E-state index in [-0.39, 0.29) is 0 Å². The van der Waals surface area contributed by atoms with Gasteiger partial charge in [0, 0.05) is 18.0 Å². The minimum absolute atomic E-state index is 0.520. The molecule has 0 spiro atoms. The summed E-state index contributed by atoms with van der Waals surface area (Å²) >= 11 is 7.49. The van der Waals surface area contributed by atoms with E-state index in [9.17, 15) is 0 Å². The lowest BCUT2D eigenvalue weighted by atomic mass is 10.2. The number of likely N-dealkylation sites (N-methyl/N-ethyl adjacent to an activating group) is 2. The smallest absolute Gasteiger partial charge is 0.107 e. The molecule has 0 bridgehead atoms. The SMILES string of the molecule is CCN1CCCC1CN(C)Cc1nc(CCl)cs1. The molecule has 0 aromatic carbocycles. The van der Waals surface area contributed by atoms with Crippen LogP contribution in [0.5, 0.6) is 0 Å². The first-order valence-corrected chi connectivity index (χ1v) is 8.06. The molecule has 1 unspecified atom stereocenters. The van der Waals surface area contributed by atoms with Crippen LogP contribution < -0.4 is 0 Å². The van der Waals surface area contributed by atoms with E-state index in [2.05, 4.69) is 34.1 Å². The molecule has 1 atom stereocenters. The predicted octanol–water partition coefficient (Wildman–Crippen LogP) is 2.80. The van der Waals surface area contributed by atoms with Crippen molar-refractivity contribution in [2.24, 2.45) is 0 Å². The first kappa shape index (κ1) is 14.3. The Morgan fingerprint density at radius 3 is 3.11 bits per heavy atom. The summed E-state index contributed by atoms with van der Waals surface area (Å²) in [6.45, 7) is 6.78. The van der Waals surface area contributed by atoms with Gasteiger partial charge < -0.3 is 0 Å². The number of hydrogen-bond donors (Lipinski definition) is 0. The maximum Gasteiger partial charge on any atom is 0.107 e. The predicted molar refractivity (Wildman–Crippen MR) is 78.3 cm³/mol. The lowest BCUT2D eigenvalue weighted by molar-refractivity contribution is 0.194. The largest absolute Gasteiger partial charge is 0.299 e.